The molecule has 0 unspecified atom stereocenters. The number of hydrogen-bond donors (Lipinski definition) is 2. The minimum absolute atomic E-state index is 0.606. The van der Waals surface area contributed by atoms with Crippen LogP contribution in [-0.2, 0) is 6.54 Å². The maximum atomic E-state index is 5.68. The molecule has 0 aliphatic carbocycles. The first kappa shape index (κ1) is 8.32. The Hall–Kier alpha value is -1.28. The van der Waals surface area contributed by atoms with E-state index in [1.807, 2.05) is 0 Å². The van der Waals surface area contributed by atoms with Crippen molar-refractivity contribution in [2.24, 2.45) is 5.73 Å². The molecule has 68 valence electrons. The number of hydrogen-bond acceptors (Lipinski definition) is 1. The average molecular weight is 174 g/mol. The van der Waals surface area contributed by atoms with Crippen molar-refractivity contribution >= 4 is 10.9 Å². The summed E-state index contributed by atoms with van der Waals surface area (Å²) in [6.45, 7) is 4.77. The number of benzene rings is 1. The lowest BCUT2D eigenvalue weighted by Crippen LogP contribution is -1.96. The maximum absolute atomic E-state index is 5.68. The van der Waals surface area contributed by atoms with Gasteiger partial charge in [0.25, 0.3) is 0 Å². The van der Waals surface area contributed by atoms with Crippen LogP contribution in [0.15, 0.2) is 18.2 Å². The molecule has 2 aromatic rings. The van der Waals surface area contributed by atoms with Crippen molar-refractivity contribution in [1.29, 1.82) is 0 Å². The van der Waals surface area contributed by atoms with Crippen LogP contribution in [0.4, 0.5) is 0 Å². The zero-order valence-electron chi connectivity index (χ0n) is 8.02. The van der Waals surface area contributed by atoms with Crippen LogP contribution in [0.5, 0.6) is 0 Å². The summed E-state index contributed by atoms with van der Waals surface area (Å²) in [6, 6.07) is 6.41. The van der Waals surface area contributed by atoms with Crippen LogP contribution in [0.25, 0.3) is 10.9 Å². The molecular formula is C11H14N2. The van der Waals surface area contributed by atoms with Crippen LogP contribution in [0, 0.1) is 13.8 Å². The monoisotopic (exact) mass is 174 g/mol. The lowest BCUT2D eigenvalue weighted by molar-refractivity contribution is 1.05. The molecule has 0 aliphatic rings. The largest absolute Gasteiger partial charge is 0.358 e. The van der Waals surface area contributed by atoms with E-state index >= 15 is 0 Å². The Kier molecular flexibility index (Phi) is 1.85. The van der Waals surface area contributed by atoms with Gasteiger partial charge in [-0.1, -0.05) is 12.1 Å². The first-order valence-corrected chi connectivity index (χ1v) is 4.50. The molecule has 0 aliphatic heterocycles. The fraction of sp³-hybridized carbons (Fsp3) is 0.273. The number of nitrogens with two attached hydrogens (primary N) is 1. The highest BCUT2D eigenvalue weighted by Gasteiger charge is 2.05. The van der Waals surface area contributed by atoms with Crippen LogP contribution in [0.2, 0.25) is 0 Å². The van der Waals surface area contributed by atoms with Gasteiger partial charge in [-0.15, -0.1) is 0 Å². The smallest absolute Gasteiger partial charge is 0.0462 e. The van der Waals surface area contributed by atoms with Gasteiger partial charge in [0, 0.05) is 23.1 Å². The van der Waals surface area contributed by atoms with Crippen molar-refractivity contribution in [2.75, 3.05) is 0 Å². The second kappa shape index (κ2) is 2.89. The van der Waals surface area contributed by atoms with Gasteiger partial charge in [-0.05, 0) is 31.0 Å². The summed E-state index contributed by atoms with van der Waals surface area (Å²) in [6.07, 6.45) is 0. The summed E-state index contributed by atoms with van der Waals surface area (Å²) in [4.78, 5) is 3.34. The minimum Gasteiger partial charge on any atom is -0.358 e. The molecule has 0 saturated heterocycles. The molecule has 1 heterocycles. The first-order chi connectivity index (χ1) is 6.22. The van der Waals surface area contributed by atoms with E-state index in [4.69, 9.17) is 5.73 Å². The van der Waals surface area contributed by atoms with Crippen LogP contribution < -0.4 is 5.73 Å². The van der Waals surface area contributed by atoms with Gasteiger partial charge in [0.05, 0.1) is 0 Å². The number of rotatable bonds is 1. The van der Waals surface area contributed by atoms with E-state index in [9.17, 15) is 0 Å². The number of aromatic amines is 1. The molecule has 1 aromatic heterocycles. The summed E-state index contributed by atoms with van der Waals surface area (Å²) in [5.74, 6) is 0. The van der Waals surface area contributed by atoms with Gasteiger partial charge in [-0.2, -0.15) is 0 Å². The third kappa shape index (κ3) is 1.23. The van der Waals surface area contributed by atoms with Gasteiger partial charge in [-0.25, -0.2) is 0 Å². The molecule has 1 aromatic carbocycles. The van der Waals surface area contributed by atoms with Gasteiger partial charge in [0.15, 0.2) is 0 Å². The lowest BCUT2D eigenvalue weighted by atomic mass is 10.1. The number of fused-ring (bicyclic) bond motifs is 1. The van der Waals surface area contributed by atoms with Crippen LogP contribution in [0.1, 0.15) is 16.8 Å². The highest BCUT2D eigenvalue weighted by atomic mass is 14.7. The molecule has 0 fully saturated rings. The molecule has 0 spiro atoms. The van der Waals surface area contributed by atoms with Crippen molar-refractivity contribution in [3.63, 3.8) is 0 Å². The summed E-state index contributed by atoms with van der Waals surface area (Å²) >= 11 is 0. The Morgan fingerprint density at radius 3 is 2.77 bits per heavy atom. The zero-order valence-corrected chi connectivity index (χ0v) is 8.02. The van der Waals surface area contributed by atoms with Gasteiger partial charge < -0.3 is 10.7 Å². The molecule has 2 nitrogen and oxygen atoms in total. The second-order valence-electron chi connectivity index (χ2n) is 3.48. The van der Waals surface area contributed by atoms with Gasteiger partial charge in [0.2, 0.25) is 0 Å². The number of aryl methyl sites for hydroxylation is 2. The van der Waals surface area contributed by atoms with Gasteiger partial charge in [0.1, 0.15) is 0 Å². The van der Waals surface area contributed by atoms with E-state index in [1.54, 1.807) is 0 Å². The van der Waals surface area contributed by atoms with Crippen molar-refractivity contribution in [1.82, 2.24) is 4.98 Å². The van der Waals surface area contributed by atoms with E-state index in [-0.39, 0.29) is 0 Å². The van der Waals surface area contributed by atoms with Gasteiger partial charge in [-0.3, -0.25) is 0 Å². The summed E-state index contributed by atoms with van der Waals surface area (Å²) in [7, 11) is 0. The van der Waals surface area contributed by atoms with E-state index in [2.05, 4.69) is 37.0 Å². The van der Waals surface area contributed by atoms with E-state index in [1.165, 1.54) is 27.7 Å². The third-order valence-electron chi connectivity index (χ3n) is 2.48. The Bertz CT molecular complexity index is 441. The van der Waals surface area contributed by atoms with Crippen molar-refractivity contribution in [3.05, 3.63) is 35.0 Å². The van der Waals surface area contributed by atoms with E-state index < -0.39 is 0 Å². The molecule has 0 saturated carbocycles. The number of H-pyrrole nitrogens is 1. The fourth-order valence-electron chi connectivity index (χ4n) is 1.77. The molecule has 2 heteroatoms. The standard InChI is InChI=1S/C11H14N2/c1-7-3-4-9-10(6-12)8(2)13-11(9)5-7/h3-5,13H,6,12H2,1-2H3. The Balaban J connectivity index is 2.79. The molecular weight excluding hydrogens is 160 g/mol. The number of aromatic nitrogens is 1. The third-order valence-corrected chi connectivity index (χ3v) is 2.48. The van der Waals surface area contributed by atoms with Crippen molar-refractivity contribution in [2.45, 2.75) is 20.4 Å². The minimum atomic E-state index is 0.606. The van der Waals surface area contributed by atoms with E-state index in [0.29, 0.717) is 6.54 Å². The zero-order chi connectivity index (χ0) is 9.42. The molecule has 13 heavy (non-hydrogen) atoms. The topological polar surface area (TPSA) is 41.8 Å². The molecule has 0 atom stereocenters. The van der Waals surface area contributed by atoms with Crippen LogP contribution >= 0.6 is 0 Å². The average Bonchev–Trinajstić information content (AvgIpc) is 2.39. The van der Waals surface area contributed by atoms with Crippen molar-refractivity contribution in [3.8, 4) is 0 Å². The SMILES string of the molecule is Cc1ccc2c(CN)c(C)[nH]c2c1. The highest BCUT2D eigenvalue weighted by Crippen LogP contribution is 2.22. The second-order valence-corrected chi connectivity index (χ2v) is 3.48. The molecule has 0 amide bonds. The quantitative estimate of drug-likeness (QED) is 0.684. The summed E-state index contributed by atoms with van der Waals surface area (Å²) in [5, 5.41) is 1.26. The van der Waals surface area contributed by atoms with Crippen molar-refractivity contribution < 1.29 is 0 Å². The number of nitrogens with one attached hydrogen (secondary N) is 1. The highest BCUT2D eigenvalue weighted by molar-refractivity contribution is 5.85. The summed E-state index contributed by atoms with van der Waals surface area (Å²) in [5.41, 5.74) is 10.6. The van der Waals surface area contributed by atoms with Crippen LogP contribution in [-0.4, -0.2) is 4.98 Å². The maximum Gasteiger partial charge on any atom is 0.0462 e. The molecule has 3 N–H and O–H groups in total. The normalized spacial score (nSPS) is 11.0. The lowest BCUT2D eigenvalue weighted by Gasteiger charge is -1.95. The Morgan fingerprint density at radius 1 is 1.31 bits per heavy atom. The Morgan fingerprint density at radius 2 is 2.08 bits per heavy atom. The van der Waals surface area contributed by atoms with Gasteiger partial charge >= 0.3 is 0 Å². The van der Waals surface area contributed by atoms with Crippen LogP contribution in [0.3, 0.4) is 0 Å². The predicted molar refractivity (Wildman–Crippen MR) is 55.7 cm³/mol. The Labute approximate surface area is 77.8 Å². The summed E-state index contributed by atoms with van der Waals surface area (Å²) < 4.78 is 0. The van der Waals surface area contributed by atoms with E-state index in [0.717, 1.165) is 0 Å². The first-order valence-electron chi connectivity index (χ1n) is 4.50. The molecule has 0 radical (unpaired) electrons. The predicted octanol–water partition coefficient (Wildman–Crippen LogP) is 2.24. The molecule has 2 rings (SSSR count). The fourth-order valence-corrected chi connectivity index (χ4v) is 1.77. The molecule has 0 bridgehead atoms.